The van der Waals surface area contributed by atoms with E-state index in [1.165, 1.54) is 0 Å². The molecule has 0 saturated heterocycles. The number of methoxy groups -OCH3 is 1. The van der Waals surface area contributed by atoms with Crippen LogP contribution >= 0.6 is 0 Å². The molecule has 0 aliphatic carbocycles. The molecule has 0 fully saturated rings. The lowest BCUT2D eigenvalue weighted by Crippen LogP contribution is -2.32. The van der Waals surface area contributed by atoms with Crippen LogP contribution in [0.1, 0.15) is 5.56 Å². The number of benzene rings is 1. The zero-order valence-electron chi connectivity index (χ0n) is 10.9. The zero-order valence-corrected chi connectivity index (χ0v) is 11.7. The van der Waals surface area contributed by atoms with E-state index in [-0.39, 0.29) is 5.75 Å². The fraction of sp³-hybridized carbons (Fsp3) is 0.538. The van der Waals surface area contributed by atoms with Crippen molar-refractivity contribution in [2.45, 2.75) is 17.9 Å². The molecule has 0 aliphatic heterocycles. The van der Waals surface area contributed by atoms with Gasteiger partial charge in [0.25, 0.3) is 0 Å². The maximum atomic E-state index is 12.0. The molecule has 2 atom stereocenters. The molecule has 0 amide bonds. The molecule has 0 spiro atoms. The summed E-state index contributed by atoms with van der Waals surface area (Å²) in [4.78, 5) is 0.761. The summed E-state index contributed by atoms with van der Waals surface area (Å²) in [6.07, 6.45) is -0.607. The van der Waals surface area contributed by atoms with Crippen LogP contribution in [0.4, 0.5) is 0 Å². The van der Waals surface area contributed by atoms with Crippen LogP contribution in [0.15, 0.2) is 29.2 Å². The molecule has 2 unspecified atom stereocenters. The third-order valence-electron chi connectivity index (χ3n) is 2.49. The molecule has 5 heteroatoms. The van der Waals surface area contributed by atoms with Gasteiger partial charge in [0, 0.05) is 25.1 Å². The largest absolute Gasteiger partial charge is 0.391 e. The van der Waals surface area contributed by atoms with Gasteiger partial charge in [-0.3, -0.25) is 4.21 Å². The van der Waals surface area contributed by atoms with Gasteiger partial charge in [0.2, 0.25) is 0 Å². The van der Waals surface area contributed by atoms with E-state index in [4.69, 9.17) is 4.74 Å². The molecule has 0 aliphatic rings. The lowest BCUT2D eigenvalue weighted by atomic mass is 10.2. The molecular formula is C13H21NO3S. The lowest BCUT2D eigenvalue weighted by Gasteiger charge is -2.11. The van der Waals surface area contributed by atoms with E-state index in [0.29, 0.717) is 19.7 Å². The number of aliphatic hydroxyl groups is 1. The highest BCUT2D eigenvalue weighted by Crippen LogP contribution is 2.09. The summed E-state index contributed by atoms with van der Waals surface area (Å²) < 4.78 is 16.8. The van der Waals surface area contributed by atoms with Gasteiger partial charge in [0.05, 0.1) is 29.3 Å². The van der Waals surface area contributed by atoms with Crippen LogP contribution < -0.4 is 5.32 Å². The molecule has 102 valence electrons. The summed E-state index contributed by atoms with van der Waals surface area (Å²) in [5.41, 5.74) is 1.14. The first kappa shape index (κ1) is 15.3. The average Bonchev–Trinajstić information content (AvgIpc) is 2.35. The Hall–Kier alpha value is -0.750. The van der Waals surface area contributed by atoms with Gasteiger partial charge < -0.3 is 15.2 Å². The van der Waals surface area contributed by atoms with Gasteiger partial charge in [0.1, 0.15) is 0 Å². The minimum Gasteiger partial charge on any atom is -0.391 e. The first-order valence-corrected chi connectivity index (χ1v) is 7.28. The molecule has 0 radical (unpaired) electrons. The molecule has 0 bridgehead atoms. The van der Waals surface area contributed by atoms with Crippen LogP contribution in [0, 0.1) is 6.92 Å². The number of hydrogen-bond acceptors (Lipinski definition) is 4. The van der Waals surface area contributed by atoms with E-state index in [1.807, 2.05) is 31.2 Å². The smallest absolute Gasteiger partial charge is 0.0783 e. The molecule has 0 aromatic heterocycles. The van der Waals surface area contributed by atoms with Crippen molar-refractivity contribution >= 4 is 10.8 Å². The number of rotatable bonds is 8. The molecular weight excluding hydrogens is 250 g/mol. The Balaban J connectivity index is 2.33. The van der Waals surface area contributed by atoms with Crippen molar-refractivity contribution in [2.24, 2.45) is 0 Å². The van der Waals surface area contributed by atoms with Crippen LogP contribution in [0.2, 0.25) is 0 Å². The van der Waals surface area contributed by atoms with E-state index in [9.17, 15) is 9.32 Å². The summed E-state index contributed by atoms with van der Waals surface area (Å²) in [6, 6.07) is 7.54. The van der Waals surface area contributed by atoms with E-state index < -0.39 is 16.9 Å². The van der Waals surface area contributed by atoms with Crippen LogP contribution in [-0.2, 0) is 15.5 Å². The standard InChI is InChI=1S/C13H21NO3S/c1-11-3-5-13(6-4-11)18(16)10-12(15)9-14-7-8-17-2/h3-6,12,14-15H,7-10H2,1-2H3. The van der Waals surface area contributed by atoms with Gasteiger partial charge in [-0.2, -0.15) is 0 Å². The monoisotopic (exact) mass is 271 g/mol. The minimum absolute atomic E-state index is 0.253. The van der Waals surface area contributed by atoms with E-state index in [2.05, 4.69) is 5.32 Å². The summed E-state index contributed by atoms with van der Waals surface area (Å²) in [7, 11) is 0.479. The topological polar surface area (TPSA) is 58.6 Å². The predicted molar refractivity (Wildman–Crippen MR) is 73.2 cm³/mol. The molecule has 1 aromatic rings. The first-order chi connectivity index (χ1) is 8.63. The fourth-order valence-electron chi connectivity index (χ4n) is 1.46. The van der Waals surface area contributed by atoms with Gasteiger partial charge in [0.15, 0.2) is 0 Å². The molecule has 1 aromatic carbocycles. The van der Waals surface area contributed by atoms with Crippen molar-refractivity contribution in [1.82, 2.24) is 5.32 Å². The third-order valence-corrected chi connectivity index (χ3v) is 3.98. The van der Waals surface area contributed by atoms with Crippen molar-refractivity contribution in [3.05, 3.63) is 29.8 Å². The second-order valence-corrected chi connectivity index (χ2v) is 5.67. The van der Waals surface area contributed by atoms with Crippen molar-refractivity contribution < 1.29 is 14.1 Å². The quantitative estimate of drug-likeness (QED) is 0.683. The number of nitrogens with one attached hydrogen (secondary N) is 1. The Morgan fingerprint density at radius 2 is 2.06 bits per heavy atom. The summed E-state index contributed by atoms with van der Waals surface area (Å²) in [5, 5.41) is 12.8. The van der Waals surface area contributed by atoms with Crippen LogP contribution in [-0.4, -0.2) is 48.0 Å². The average molecular weight is 271 g/mol. The minimum atomic E-state index is -1.15. The number of hydrogen-bond donors (Lipinski definition) is 2. The van der Waals surface area contributed by atoms with Crippen molar-refractivity contribution in [1.29, 1.82) is 0 Å². The summed E-state index contributed by atoms with van der Waals surface area (Å²) in [6.45, 7) is 3.71. The van der Waals surface area contributed by atoms with E-state index >= 15 is 0 Å². The Kier molecular flexibility index (Phi) is 7.12. The van der Waals surface area contributed by atoms with Gasteiger partial charge in [-0.15, -0.1) is 0 Å². The van der Waals surface area contributed by atoms with Gasteiger partial charge >= 0.3 is 0 Å². The maximum Gasteiger partial charge on any atom is 0.0783 e. The highest BCUT2D eigenvalue weighted by atomic mass is 32.2. The Morgan fingerprint density at radius 1 is 1.39 bits per heavy atom. The van der Waals surface area contributed by atoms with Gasteiger partial charge in [-0.25, -0.2) is 0 Å². The maximum absolute atomic E-state index is 12.0. The van der Waals surface area contributed by atoms with E-state index in [1.54, 1.807) is 7.11 Å². The number of ether oxygens (including phenoxy) is 1. The highest BCUT2D eigenvalue weighted by molar-refractivity contribution is 7.85. The zero-order chi connectivity index (χ0) is 13.4. The van der Waals surface area contributed by atoms with Crippen LogP contribution in [0.5, 0.6) is 0 Å². The molecule has 0 saturated carbocycles. The second-order valence-electron chi connectivity index (χ2n) is 4.18. The Labute approximate surface area is 111 Å². The fourth-order valence-corrected chi connectivity index (χ4v) is 2.56. The third kappa shape index (κ3) is 5.73. The Morgan fingerprint density at radius 3 is 2.67 bits per heavy atom. The molecule has 18 heavy (non-hydrogen) atoms. The predicted octanol–water partition coefficient (Wildman–Crippen LogP) is 0.700. The van der Waals surface area contributed by atoms with E-state index in [0.717, 1.165) is 10.5 Å². The highest BCUT2D eigenvalue weighted by Gasteiger charge is 2.10. The Bertz CT molecular complexity index is 367. The number of aryl methyl sites for hydroxylation is 1. The molecule has 2 N–H and O–H groups in total. The van der Waals surface area contributed by atoms with Gasteiger partial charge in [-0.1, -0.05) is 17.7 Å². The normalized spacial score (nSPS) is 14.4. The van der Waals surface area contributed by atoms with Crippen molar-refractivity contribution in [2.75, 3.05) is 32.6 Å². The van der Waals surface area contributed by atoms with Crippen molar-refractivity contribution in [3.63, 3.8) is 0 Å². The lowest BCUT2D eigenvalue weighted by molar-refractivity contribution is 0.174. The van der Waals surface area contributed by atoms with Crippen LogP contribution in [0.25, 0.3) is 0 Å². The molecule has 0 heterocycles. The van der Waals surface area contributed by atoms with Crippen molar-refractivity contribution in [3.8, 4) is 0 Å². The summed E-state index contributed by atoms with van der Waals surface area (Å²) >= 11 is 0. The molecule has 4 nitrogen and oxygen atoms in total. The first-order valence-electron chi connectivity index (χ1n) is 5.96. The van der Waals surface area contributed by atoms with Gasteiger partial charge in [-0.05, 0) is 19.1 Å². The SMILES string of the molecule is COCCNCC(O)CS(=O)c1ccc(C)cc1. The number of aliphatic hydroxyl groups excluding tert-OH is 1. The van der Waals surface area contributed by atoms with Crippen LogP contribution in [0.3, 0.4) is 0 Å². The second kappa shape index (κ2) is 8.37. The molecule has 1 rings (SSSR count). The summed E-state index contributed by atoms with van der Waals surface area (Å²) in [5.74, 6) is 0.253.